The van der Waals surface area contributed by atoms with Gasteiger partial charge >= 0.3 is 0 Å². The number of hydrogen-bond acceptors (Lipinski definition) is 2. The van der Waals surface area contributed by atoms with E-state index in [1.807, 2.05) is 12.1 Å². The van der Waals surface area contributed by atoms with Crippen LogP contribution in [0.5, 0.6) is 0 Å². The molecular weight excluding hydrogens is 241 g/mol. The van der Waals surface area contributed by atoms with Gasteiger partial charge < -0.3 is 10.4 Å². The van der Waals surface area contributed by atoms with E-state index in [2.05, 4.69) is 11.4 Å². The first kappa shape index (κ1) is 12.2. The lowest BCUT2D eigenvalue weighted by Crippen LogP contribution is -2.04. The average molecular weight is 257 g/mol. The van der Waals surface area contributed by atoms with Gasteiger partial charge in [0.2, 0.25) is 0 Å². The second-order valence-electron chi connectivity index (χ2n) is 4.97. The van der Waals surface area contributed by atoms with Crippen molar-refractivity contribution >= 4 is 5.69 Å². The van der Waals surface area contributed by atoms with Crippen LogP contribution in [0.15, 0.2) is 36.4 Å². The molecule has 3 rings (SSSR count). The predicted octanol–water partition coefficient (Wildman–Crippen LogP) is 3.18. The Morgan fingerprint density at radius 1 is 1.26 bits per heavy atom. The molecule has 1 heterocycles. The van der Waals surface area contributed by atoms with Crippen molar-refractivity contribution in [3.8, 4) is 0 Å². The number of hydrogen-bond donors (Lipinski definition) is 2. The minimum Gasteiger partial charge on any atom is -0.384 e. The lowest BCUT2D eigenvalue weighted by molar-refractivity contribution is 0.221. The fourth-order valence-corrected chi connectivity index (χ4v) is 2.61. The summed E-state index contributed by atoms with van der Waals surface area (Å²) < 4.78 is 13.3. The van der Waals surface area contributed by atoms with E-state index >= 15 is 0 Å². The minimum absolute atomic E-state index is 0.243. The Morgan fingerprint density at radius 3 is 2.89 bits per heavy atom. The third-order valence-electron chi connectivity index (χ3n) is 3.67. The molecule has 0 amide bonds. The van der Waals surface area contributed by atoms with Gasteiger partial charge in [-0.3, -0.25) is 0 Å². The van der Waals surface area contributed by atoms with Gasteiger partial charge in [-0.15, -0.1) is 0 Å². The highest BCUT2D eigenvalue weighted by Gasteiger charge is 2.20. The number of rotatable bonds is 2. The molecule has 0 fully saturated rings. The molecule has 2 aromatic rings. The van der Waals surface area contributed by atoms with Crippen LogP contribution in [0.3, 0.4) is 0 Å². The lowest BCUT2D eigenvalue weighted by Gasteiger charge is -2.16. The fourth-order valence-electron chi connectivity index (χ4n) is 2.61. The third kappa shape index (κ3) is 2.10. The molecule has 0 saturated heterocycles. The Kier molecular flexibility index (Phi) is 2.99. The zero-order chi connectivity index (χ0) is 13.4. The van der Waals surface area contributed by atoms with Gasteiger partial charge in [-0.2, -0.15) is 0 Å². The van der Waals surface area contributed by atoms with Gasteiger partial charge in [0.15, 0.2) is 0 Å². The van der Waals surface area contributed by atoms with Gasteiger partial charge in [0.25, 0.3) is 0 Å². The number of fused-ring (bicyclic) bond motifs is 1. The second-order valence-corrected chi connectivity index (χ2v) is 4.97. The molecule has 0 saturated carbocycles. The molecule has 1 aliphatic rings. The standard InChI is InChI=1S/C16H16FNO/c1-10-9-12(5-6-14(10)17)16(19)13-4-2-3-11-7-8-18-15(11)13/h2-6,9,16,18-19H,7-8H2,1H3. The van der Waals surface area contributed by atoms with Crippen LogP contribution in [0.25, 0.3) is 0 Å². The first-order valence-electron chi connectivity index (χ1n) is 6.46. The molecule has 0 aromatic heterocycles. The summed E-state index contributed by atoms with van der Waals surface area (Å²) in [6, 6.07) is 10.7. The van der Waals surface area contributed by atoms with Crippen molar-refractivity contribution < 1.29 is 9.50 Å². The summed E-state index contributed by atoms with van der Waals surface area (Å²) in [4.78, 5) is 0. The highest BCUT2D eigenvalue weighted by molar-refractivity contribution is 5.63. The number of aliphatic hydroxyl groups excluding tert-OH is 1. The van der Waals surface area contributed by atoms with Gasteiger partial charge in [0.1, 0.15) is 11.9 Å². The van der Waals surface area contributed by atoms with Crippen LogP contribution in [0, 0.1) is 12.7 Å². The molecule has 98 valence electrons. The molecule has 1 aliphatic heterocycles. The molecule has 0 spiro atoms. The number of nitrogens with one attached hydrogen (secondary N) is 1. The molecule has 0 radical (unpaired) electrons. The summed E-state index contributed by atoms with van der Waals surface area (Å²) in [6.45, 7) is 2.61. The Balaban J connectivity index is 2.02. The van der Waals surface area contributed by atoms with E-state index in [0.717, 1.165) is 29.8 Å². The molecule has 19 heavy (non-hydrogen) atoms. The Labute approximate surface area is 111 Å². The van der Waals surface area contributed by atoms with E-state index in [9.17, 15) is 9.50 Å². The van der Waals surface area contributed by atoms with E-state index < -0.39 is 6.10 Å². The fraction of sp³-hybridized carbons (Fsp3) is 0.250. The SMILES string of the molecule is Cc1cc(C(O)c2cccc3c2NCC3)ccc1F. The van der Waals surface area contributed by atoms with Crippen molar-refractivity contribution in [1.82, 2.24) is 0 Å². The maximum atomic E-state index is 13.3. The Hall–Kier alpha value is -1.87. The zero-order valence-corrected chi connectivity index (χ0v) is 10.8. The summed E-state index contributed by atoms with van der Waals surface area (Å²) in [7, 11) is 0. The smallest absolute Gasteiger partial charge is 0.126 e. The number of para-hydroxylation sites is 1. The highest BCUT2D eigenvalue weighted by atomic mass is 19.1. The van der Waals surface area contributed by atoms with Gasteiger partial charge in [-0.05, 0) is 36.1 Å². The van der Waals surface area contributed by atoms with Crippen LogP contribution in [-0.2, 0) is 6.42 Å². The van der Waals surface area contributed by atoms with Gasteiger partial charge in [0, 0.05) is 17.8 Å². The molecule has 0 aliphatic carbocycles. The first-order chi connectivity index (χ1) is 9.16. The monoisotopic (exact) mass is 257 g/mol. The molecule has 2 nitrogen and oxygen atoms in total. The first-order valence-corrected chi connectivity index (χ1v) is 6.46. The number of anilines is 1. The zero-order valence-electron chi connectivity index (χ0n) is 10.8. The molecule has 1 atom stereocenters. The summed E-state index contributed by atoms with van der Waals surface area (Å²) >= 11 is 0. The van der Waals surface area contributed by atoms with E-state index in [-0.39, 0.29) is 5.82 Å². The quantitative estimate of drug-likeness (QED) is 0.866. The maximum absolute atomic E-state index is 13.3. The molecular formula is C16H16FNO. The summed E-state index contributed by atoms with van der Waals surface area (Å²) in [5, 5.41) is 13.8. The van der Waals surface area contributed by atoms with Crippen LogP contribution < -0.4 is 5.32 Å². The van der Waals surface area contributed by atoms with Crippen molar-refractivity contribution in [3.05, 3.63) is 64.5 Å². The number of halogens is 1. The van der Waals surface area contributed by atoms with E-state index in [1.165, 1.54) is 11.6 Å². The van der Waals surface area contributed by atoms with Crippen molar-refractivity contribution in [1.29, 1.82) is 0 Å². The number of aliphatic hydroxyl groups is 1. The van der Waals surface area contributed by atoms with Crippen LogP contribution in [0.2, 0.25) is 0 Å². The normalized spacial score (nSPS) is 14.9. The molecule has 1 unspecified atom stereocenters. The van der Waals surface area contributed by atoms with Crippen molar-refractivity contribution in [2.24, 2.45) is 0 Å². The van der Waals surface area contributed by atoms with Crippen LogP contribution in [0.1, 0.15) is 28.4 Å². The lowest BCUT2D eigenvalue weighted by atomic mass is 9.96. The van der Waals surface area contributed by atoms with E-state index in [0.29, 0.717) is 5.56 Å². The number of benzene rings is 2. The van der Waals surface area contributed by atoms with Crippen molar-refractivity contribution in [2.45, 2.75) is 19.4 Å². The minimum atomic E-state index is -0.722. The van der Waals surface area contributed by atoms with Crippen LogP contribution >= 0.6 is 0 Å². The van der Waals surface area contributed by atoms with Crippen molar-refractivity contribution in [2.75, 3.05) is 11.9 Å². The Morgan fingerprint density at radius 2 is 2.11 bits per heavy atom. The third-order valence-corrected chi connectivity index (χ3v) is 3.67. The number of aryl methyl sites for hydroxylation is 1. The van der Waals surface area contributed by atoms with Crippen molar-refractivity contribution in [3.63, 3.8) is 0 Å². The second kappa shape index (κ2) is 4.67. The maximum Gasteiger partial charge on any atom is 0.126 e. The van der Waals surface area contributed by atoms with Gasteiger partial charge in [0.05, 0.1) is 0 Å². The predicted molar refractivity (Wildman–Crippen MR) is 73.8 cm³/mol. The Bertz CT molecular complexity index is 624. The van der Waals surface area contributed by atoms with Gasteiger partial charge in [-0.1, -0.05) is 30.3 Å². The summed E-state index contributed by atoms with van der Waals surface area (Å²) in [6.07, 6.45) is 0.262. The average Bonchev–Trinajstić information content (AvgIpc) is 2.89. The summed E-state index contributed by atoms with van der Waals surface area (Å²) in [5.41, 5.74) is 4.39. The molecule has 2 N–H and O–H groups in total. The van der Waals surface area contributed by atoms with Crippen LogP contribution in [-0.4, -0.2) is 11.7 Å². The molecule has 0 bridgehead atoms. The molecule has 2 aromatic carbocycles. The van der Waals surface area contributed by atoms with Crippen LogP contribution in [0.4, 0.5) is 10.1 Å². The highest BCUT2D eigenvalue weighted by Crippen LogP contribution is 2.34. The summed E-state index contributed by atoms with van der Waals surface area (Å²) in [5.74, 6) is -0.243. The largest absolute Gasteiger partial charge is 0.384 e. The molecule has 3 heteroatoms. The van der Waals surface area contributed by atoms with E-state index in [4.69, 9.17) is 0 Å². The van der Waals surface area contributed by atoms with E-state index in [1.54, 1.807) is 19.1 Å². The topological polar surface area (TPSA) is 32.3 Å². The van der Waals surface area contributed by atoms with Gasteiger partial charge in [-0.25, -0.2) is 4.39 Å².